The number of aromatic nitrogens is 1. The summed E-state index contributed by atoms with van der Waals surface area (Å²) in [5.74, 6) is -0.165. The summed E-state index contributed by atoms with van der Waals surface area (Å²) < 4.78 is -0.927. The molecule has 1 N–H and O–H groups in total. The Balaban J connectivity index is 2.06. The van der Waals surface area contributed by atoms with Gasteiger partial charge in [-0.1, -0.05) is 0 Å². The maximum Gasteiger partial charge on any atom is 0.235 e. The van der Waals surface area contributed by atoms with Crippen LogP contribution in [0.1, 0.15) is 19.0 Å². The lowest BCUT2D eigenvalue weighted by molar-refractivity contribution is -0.120. The Labute approximate surface area is 102 Å². The fraction of sp³-hybridized carbons (Fsp3) is 0.556. The monoisotopic (exact) mass is 264 g/mol. The molecule has 0 aromatic carbocycles. The summed E-state index contributed by atoms with van der Waals surface area (Å²) in [6.45, 7) is 3.63. The number of thiazole rings is 1. The first-order chi connectivity index (χ1) is 6.85. The van der Waals surface area contributed by atoms with E-state index in [0.717, 1.165) is 5.69 Å². The van der Waals surface area contributed by atoms with Crippen LogP contribution in [0, 0.1) is 12.3 Å². The number of nitrogens with one attached hydrogen (secondary N) is 1. The highest BCUT2D eigenvalue weighted by molar-refractivity contribution is 7.13. The molecule has 15 heavy (non-hydrogen) atoms. The topological polar surface area (TPSA) is 42.0 Å². The fourth-order valence-electron chi connectivity index (χ4n) is 1.29. The van der Waals surface area contributed by atoms with Gasteiger partial charge >= 0.3 is 0 Å². The molecule has 0 unspecified atom stereocenters. The normalized spacial score (nSPS) is 27.5. The average Bonchev–Trinajstić information content (AvgIpc) is 2.47. The molecule has 1 amide bonds. The van der Waals surface area contributed by atoms with E-state index in [4.69, 9.17) is 23.2 Å². The Bertz CT molecular complexity index is 418. The summed E-state index contributed by atoms with van der Waals surface area (Å²) >= 11 is 13.2. The molecule has 1 aromatic rings. The summed E-state index contributed by atoms with van der Waals surface area (Å²) in [4.78, 5) is 15.9. The number of halogens is 2. The van der Waals surface area contributed by atoms with E-state index >= 15 is 0 Å². The van der Waals surface area contributed by atoms with E-state index in [0.29, 0.717) is 11.6 Å². The quantitative estimate of drug-likeness (QED) is 0.835. The Hall–Kier alpha value is -0.320. The van der Waals surface area contributed by atoms with Crippen LogP contribution in [0.5, 0.6) is 0 Å². The van der Waals surface area contributed by atoms with Crippen LogP contribution < -0.4 is 5.32 Å². The van der Waals surface area contributed by atoms with Gasteiger partial charge in [0, 0.05) is 5.38 Å². The predicted octanol–water partition coefficient (Wildman–Crippen LogP) is 2.97. The van der Waals surface area contributed by atoms with Crippen molar-refractivity contribution >= 4 is 45.6 Å². The van der Waals surface area contributed by atoms with Gasteiger partial charge in [0.2, 0.25) is 5.91 Å². The van der Waals surface area contributed by atoms with Crippen molar-refractivity contribution in [1.82, 2.24) is 4.98 Å². The zero-order valence-corrected chi connectivity index (χ0v) is 10.6. The van der Waals surface area contributed by atoms with Gasteiger partial charge in [0.15, 0.2) is 5.13 Å². The summed E-state index contributed by atoms with van der Waals surface area (Å²) in [7, 11) is 0. The largest absolute Gasteiger partial charge is 0.301 e. The van der Waals surface area contributed by atoms with Gasteiger partial charge in [0.05, 0.1) is 11.1 Å². The molecule has 0 bridgehead atoms. The molecule has 1 saturated carbocycles. The molecule has 6 heteroatoms. The summed E-state index contributed by atoms with van der Waals surface area (Å²) in [5.41, 5.74) is 0.203. The molecule has 1 fully saturated rings. The fourth-order valence-corrected chi connectivity index (χ4v) is 2.68. The van der Waals surface area contributed by atoms with Crippen LogP contribution in [-0.2, 0) is 4.79 Å². The van der Waals surface area contributed by atoms with Crippen LogP contribution in [-0.4, -0.2) is 15.2 Å². The Morgan fingerprint density at radius 3 is 2.67 bits per heavy atom. The SMILES string of the molecule is Cc1csc(NC(=O)[C@@]2(C)CC2(Cl)Cl)n1. The molecule has 82 valence electrons. The molecule has 1 aromatic heterocycles. The van der Waals surface area contributed by atoms with Gasteiger partial charge in [-0.15, -0.1) is 34.5 Å². The van der Waals surface area contributed by atoms with Crippen molar-refractivity contribution in [3.05, 3.63) is 11.1 Å². The van der Waals surface area contributed by atoms with Crippen LogP contribution in [0.15, 0.2) is 5.38 Å². The highest BCUT2D eigenvalue weighted by atomic mass is 35.5. The number of carbonyl (C=O) groups excluding carboxylic acids is 1. The number of hydrogen-bond donors (Lipinski definition) is 1. The van der Waals surface area contributed by atoms with Crippen molar-refractivity contribution in [2.45, 2.75) is 24.6 Å². The third-order valence-corrected chi connectivity index (χ3v) is 4.58. The van der Waals surface area contributed by atoms with Crippen molar-refractivity contribution in [3.8, 4) is 0 Å². The first-order valence-corrected chi connectivity index (χ1v) is 6.10. The maximum atomic E-state index is 11.8. The van der Waals surface area contributed by atoms with E-state index in [9.17, 15) is 4.79 Å². The second-order valence-corrected chi connectivity index (χ2v) is 6.30. The van der Waals surface area contributed by atoms with Gasteiger partial charge in [-0.25, -0.2) is 4.98 Å². The molecule has 1 atom stereocenters. The zero-order valence-electron chi connectivity index (χ0n) is 8.30. The van der Waals surface area contributed by atoms with Crippen molar-refractivity contribution < 1.29 is 4.79 Å². The molecule has 3 nitrogen and oxygen atoms in total. The van der Waals surface area contributed by atoms with E-state index in [1.807, 2.05) is 12.3 Å². The Kier molecular flexibility index (Phi) is 2.48. The molecule has 1 aliphatic rings. The third kappa shape index (κ3) is 1.86. The number of aryl methyl sites for hydroxylation is 1. The van der Waals surface area contributed by atoms with Crippen molar-refractivity contribution in [1.29, 1.82) is 0 Å². The maximum absolute atomic E-state index is 11.8. The molecule has 0 radical (unpaired) electrons. The third-order valence-electron chi connectivity index (χ3n) is 2.60. The second kappa shape index (κ2) is 3.34. The minimum atomic E-state index is -0.927. The average molecular weight is 265 g/mol. The first-order valence-electron chi connectivity index (χ1n) is 4.46. The van der Waals surface area contributed by atoms with Gasteiger partial charge in [-0.3, -0.25) is 4.79 Å². The second-order valence-electron chi connectivity index (χ2n) is 3.96. The Morgan fingerprint density at radius 2 is 2.27 bits per heavy atom. The Morgan fingerprint density at radius 1 is 1.67 bits per heavy atom. The van der Waals surface area contributed by atoms with Crippen molar-refractivity contribution in [3.63, 3.8) is 0 Å². The highest BCUT2D eigenvalue weighted by Crippen LogP contribution is 2.64. The summed E-state index contributed by atoms with van der Waals surface area (Å²) in [5, 5.41) is 5.19. The number of hydrogen-bond acceptors (Lipinski definition) is 3. The van der Waals surface area contributed by atoms with Gasteiger partial charge in [-0.05, 0) is 20.3 Å². The first kappa shape index (κ1) is 11.2. The number of amides is 1. The molecular formula is C9H10Cl2N2OS. The van der Waals surface area contributed by atoms with E-state index in [1.165, 1.54) is 11.3 Å². The lowest BCUT2D eigenvalue weighted by Gasteiger charge is -2.10. The van der Waals surface area contributed by atoms with E-state index in [1.54, 1.807) is 6.92 Å². The molecular weight excluding hydrogens is 255 g/mol. The van der Waals surface area contributed by atoms with Gasteiger partial charge in [0.25, 0.3) is 0 Å². The smallest absolute Gasteiger partial charge is 0.235 e. The van der Waals surface area contributed by atoms with E-state index in [2.05, 4.69) is 10.3 Å². The van der Waals surface area contributed by atoms with Crippen LogP contribution in [0.4, 0.5) is 5.13 Å². The molecule has 2 rings (SSSR count). The molecule has 0 saturated heterocycles. The summed E-state index contributed by atoms with van der Waals surface area (Å²) in [6.07, 6.45) is 0.485. The molecule has 1 heterocycles. The van der Waals surface area contributed by atoms with Crippen LogP contribution in [0.3, 0.4) is 0 Å². The van der Waals surface area contributed by atoms with Crippen molar-refractivity contribution in [2.75, 3.05) is 5.32 Å². The minimum absolute atomic E-state index is 0.165. The number of nitrogens with zero attached hydrogens (tertiary/aromatic N) is 1. The molecule has 0 aliphatic heterocycles. The number of rotatable bonds is 2. The molecule has 1 aliphatic carbocycles. The van der Waals surface area contributed by atoms with Crippen molar-refractivity contribution in [2.24, 2.45) is 5.41 Å². The van der Waals surface area contributed by atoms with E-state index in [-0.39, 0.29) is 5.91 Å². The van der Waals surface area contributed by atoms with Crippen LogP contribution in [0.2, 0.25) is 0 Å². The van der Waals surface area contributed by atoms with Gasteiger partial charge in [0.1, 0.15) is 4.33 Å². The number of alkyl halides is 2. The zero-order chi connectivity index (χ0) is 11.3. The van der Waals surface area contributed by atoms with Crippen LogP contribution >= 0.6 is 34.5 Å². The predicted molar refractivity (Wildman–Crippen MR) is 62.6 cm³/mol. The standard InChI is InChI=1S/C9H10Cl2N2OS/c1-5-3-15-7(12-5)13-6(14)8(2)4-9(8,10)11/h3H,4H2,1-2H3,(H,12,13,14)/t8-/m1/s1. The van der Waals surface area contributed by atoms with Gasteiger partial charge < -0.3 is 5.32 Å². The lowest BCUT2D eigenvalue weighted by atomic mass is 10.1. The highest BCUT2D eigenvalue weighted by Gasteiger charge is 2.68. The number of carbonyl (C=O) groups is 1. The number of anilines is 1. The molecule has 0 spiro atoms. The lowest BCUT2D eigenvalue weighted by Crippen LogP contribution is -2.25. The van der Waals surface area contributed by atoms with Gasteiger partial charge in [-0.2, -0.15) is 0 Å². The summed E-state index contributed by atoms with van der Waals surface area (Å²) in [6, 6.07) is 0. The van der Waals surface area contributed by atoms with Crippen LogP contribution in [0.25, 0.3) is 0 Å². The minimum Gasteiger partial charge on any atom is -0.301 e. The van der Waals surface area contributed by atoms with E-state index < -0.39 is 9.75 Å².